The molecule has 0 radical (unpaired) electrons. The van der Waals surface area contributed by atoms with Crippen molar-refractivity contribution in [2.24, 2.45) is 0 Å². The van der Waals surface area contributed by atoms with E-state index in [1.165, 1.54) is 0 Å². The normalized spacial score (nSPS) is 12.4. The van der Waals surface area contributed by atoms with Crippen molar-refractivity contribution in [3.05, 3.63) is 34.3 Å². The van der Waals surface area contributed by atoms with E-state index < -0.39 is 24.4 Å². The van der Waals surface area contributed by atoms with Gasteiger partial charge in [-0.25, -0.2) is 0 Å². The number of hydrogen-bond acceptors (Lipinski definition) is 3. The lowest BCUT2D eigenvalue weighted by atomic mass is 10.1. The predicted octanol–water partition coefficient (Wildman–Crippen LogP) is 1.85. The zero-order valence-electron chi connectivity index (χ0n) is 10.5. The van der Waals surface area contributed by atoms with Crippen molar-refractivity contribution in [3.8, 4) is 0 Å². The topological polar surface area (TPSA) is 77.8 Å². The summed E-state index contributed by atoms with van der Waals surface area (Å²) in [5.74, 6) is -2.22. The van der Waals surface area contributed by atoms with Gasteiger partial charge in [0, 0.05) is 11.0 Å². The molecule has 5 nitrogen and oxygen atoms in total. The monoisotopic (exact) mass is 329 g/mol. The van der Waals surface area contributed by atoms with Crippen LogP contribution in [0.5, 0.6) is 0 Å². The van der Waals surface area contributed by atoms with E-state index >= 15 is 0 Å². The molecule has 0 aliphatic heterocycles. The van der Waals surface area contributed by atoms with Gasteiger partial charge in [-0.1, -0.05) is 28.1 Å². The summed E-state index contributed by atoms with van der Waals surface area (Å²) < 4.78 is 0.966. The third-order valence-electron chi connectivity index (χ3n) is 2.83. The molecular formula is C13H16BrNO4. The molecule has 0 aliphatic rings. The van der Waals surface area contributed by atoms with Crippen LogP contribution in [-0.2, 0) is 16.0 Å². The van der Waals surface area contributed by atoms with E-state index in [2.05, 4.69) is 15.9 Å². The molecule has 19 heavy (non-hydrogen) atoms. The van der Waals surface area contributed by atoms with E-state index in [-0.39, 0.29) is 0 Å². The van der Waals surface area contributed by atoms with Gasteiger partial charge < -0.3 is 10.2 Å². The third kappa shape index (κ3) is 5.40. The van der Waals surface area contributed by atoms with Crippen LogP contribution in [0, 0.1) is 0 Å². The van der Waals surface area contributed by atoms with Gasteiger partial charge in [-0.2, -0.15) is 0 Å². The fourth-order valence-electron chi connectivity index (χ4n) is 1.75. The molecule has 0 saturated heterocycles. The van der Waals surface area contributed by atoms with E-state index in [0.717, 1.165) is 10.0 Å². The Morgan fingerprint density at radius 3 is 2.58 bits per heavy atom. The van der Waals surface area contributed by atoms with E-state index in [0.29, 0.717) is 13.0 Å². The summed E-state index contributed by atoms with van der Waals surface area (Å²) in [5, 5.41) is 17.7. The van der Waals surface area contributed by atoms with E-state index in [9.17, 15) is 9.59 Å². The number of carbonyl (C=O) groups is 2. The molecule has 0 amide bonds. The second-order valence-corrected chi connectivity index (χ2v) is 5.23. The van der Waals surface area contributed by atoms with Crippen molar-refractivity contribution in [1.29, 1.82) is 0 Å². The van der Waals surface area contributed by atoms with Crippen LogP contribution in [0.1, 0.15) is 12.0 Å². The van der Waals surface area contributed by atoms with Crippen molar-refractivity contribution in [1.82, 2.24) is 4.90 Å². The molecule has 6 heteroatoms. The number of carboxylic acids is 2. The lowest BCUT2D eigenvalue weighted by Gasteiger charge is -2.23. The molecule has 0 spiro atoms. The molecule has 0 aromatic heterocycles. The number of halogens is 1. The molecule has 1 aromatic carbocycles. The number of carboxylic acid groups (broad SMARTS) is 2. The fourth-order valence-corrected chi connectivity index (χ4v) is 2.20. The number of nitrogens with zero attached hydrogens (tertiary/aromatic N) is 1. The number of likely N-dealkylation sites (N-methyl/N-ethyl adjacent to an activating group) is 1. The summed E-state index contributed by atoms with van der Waals surface area (Å²) in [4.78, 5) is 23.2. The SMILES string of the molecule is CN(CCc1cccc(Br)c1)C(CC(=O)O)C(=O)O. The molecule has 1 aromatic rings. The fraction of sp³-hybridized carbons (Fsp3) is 0.385. The predicted molar refractivity (Wildman–Crippen MR) is 74.2 cm³/mol. The summed E-state index contributed by atoms with van der Waals surface area (Å²) in [7, 11) is 1.62. The second-order valence-electron chi connectivity index (χ2n) is 4.31. The van der Waals surface area contributed by atoms with E-state index in [4.69, 9.17) is 10.2 Å². The molecule has 1 rings (SSSR count). The molecular weight excluding hydrogens is 314 g/mol. The van der Waals surface area contributed by atoms with Crippen LogP contribution in [0.25, 0.3) is 0 Å². The van der Waals surface area contributed by atoms with Crippen LogP contribution in [0.2, 0.25) is 0 Å². The van der Waals surface area contributed by atoms with Crippen LogP contribution in [0.15, 0.2) is 28.7 Å². The first-order chi connectivity index (χ1) is 8.90. The first kappa shape index (κ1) is 15.7. The Balaban J connectivity index is 2.59. The van der Waals surface area contributed by atoms with Crippen LogP contribution in [0.4, 0.5) is 0 Å². The zero-order valence-corrected chi connectivity index (χ0v) is 12.1. The minimum Gasteiger partial charge on any atom is -0.481 e. The summed E-state index contributed by atoms with van der Waals surface area (Å²) in [5.41, 5.74) is 1.07. The quantitative estimate of drug-likeness (QED) is 0.798. The molecule has 0 heterocycles. The van der Waals surface area contributed by atoms with Gasteiger partial charge in [-0.15, -0.1) is 0 Å². The molecule has 0 aliphatic carbocycles. The van der Waals surface area contributed by atoms with Crippen LogP contribution in [0.3, 0.4) is 0 Å². The maximum Gasteiger partial charge on any atom is 0.321 e. The molecule has 0 bridgehead atoms. The highest BCUT2D eigenvalue weighted by molar-refractivity contribution is 9.10. The van der Waals surface area contributed by atoms with Crippen LogP contribution < -0.4 is 0 Å². The molecule has 104 valence electrons. The van der Waals surface area contributed by atoms with Crippen LogP contribution >= 0.6 is 15.9 Å². The Hall–Kier alpha value is -1.40. The first-order valence-corrected chi connectivity index (χ1v) is 6.58. The highest BCUT2D eigenvalue weighted by Gasteiger charge is 2.25. The van der Waals surface area contributed by atoms with Gasteiger partial charge in [-0.05, 0) is 31.2 Å². The van der Waals surface area contributed by atoms with Crippen LogP contribution in [-0.4, -0.2) is 46.7 Å². The standard InChI is InChI=1S/C13H16BrNO4/c1-15(11(13(18)19)8-12(16)17)6-5-9-3-2-4-10(14)7-9/h2-4,7,11H,5-6,8H2,1H3,(H,16,17)(H,18,19). The number of rotatable bonds is 7. The maximum atomic E-state index is 11.0. The Morgan fingerprint density at radius 2 is 2.05 bits per heavy atom. The van der Waals surface area contributed by atoms with Crippen molar-refractivity contribution < 1.29 is 19.8 Å². The van der Waals surface area contributed by atoms with Crippen molar-refractivity contribution in [3.63, 3.8) is 0 Å². The number of benzene rings is 1. The van der Waals surface area contributed by atoms with Gasteiger partial charge in [0.1, 0.15) is 6.04 Å². The lowest BCUT2D eigenvalue weighted by Crippen LogP contribution is -2.41. The molecule has 1 unspecified atom stereocenters. The second kappa shape index (κ2) is 7.25. The van der Waals surface area contributed by atoms with Gasteiger partial charge in [0.25, 0.3) is 0 Å². The van der Waals surface area contributed by atoms with Crippen molar-refractivity contribution in [2.75, 3.05) is 13.6 Å². The Labute approximate surface area is 120 Å². The smallest absolute Gasteiger partial charge is 0.321 e. The highest BCUT2D eigenvalue weighted by atomic mass is 79.9. The van der Waals surface area contributed by atoms with Crippen molar-refractivity contribution in [2.45, 2.75) is 18.9 Å². The minimum atomic E-state index is -1.11. The molecule has 2 N–H and O–H groups in total. The van der Waals surface area contributed by atoms with Gasteiger partial charge >= 0.3 is 11.9 Å². The summed E-state index contributed by atoms with van der Waals surface area (Å²) in [6.07, 6.45) is 0.268. The van der Waals surface area contributed by atoms with E-state index in [1.807, 2.05) is 24.3 Å². The first-order valence-electron chi connectivity index (χ1n) is 5.79. The Morgan fingerprint density at radius 1 is 1.37 bits per heavy atom. The number of aliphatic carboxylic acids is 2. The molecule has 0 saturated carbocycles. The molecule has 0 fully saturated rings. The Kier molecular flexibility index (Phi) is 5.98. The Bertz CT molecular complexity index is 464. The summed E-state index contributed by atoms with van der Waals surface area (Å²) in [6, 6.07) is 6.74. The summed E-state index contributed by atoms with van der Waals surface area (Å²) >= 11 is 3.37. The van der Waals surface area contributed by atoms with Gasteiger partial charge in [0.15, 0.2) is 0 Å². The summed E-state index contributed by atoms with van der Waals surface area (Å²) in [6.45, 7) is 0.487. The largest absolute Gasteiger partial charge is 0.481 e. The van der Waals surface area contributed by atoms with E-state index in [1.54, 1.807) is 11.9 Å². The minimum absolute atomic E-state index is 0.398. The average Bonchev–Trinajstić information content (AvgIpc) is 2.32. The van der Waals surface area contributed by atoms with Gasteiger partial charge in [0.05, 0.1) is 6.42 Å². The lowest BCUT2D eigenvalue weighted by molar-refractivity contribution is -0.149. The zero-order chi connectivity index (χ0) is 14.4. The average molecular weight is 330 g/mol. The van der Waals surface area contributed by atoms with Gasteiger partial charge in [-0.3, -0.25) is 14.5 Å². The highest BCUT2D eigenvalue weighted by Crippen LogP contribution is 2.13. The van der Waals surface area contributed by atoms with Gasteiger partial charge in [0.2, 0.25) is 0 Å². The number of hydrogen-bond donors (Lipinski definition) is 2. The molecule has 1 atom stereocenters. The third-order valence-corrected chi connectivity index (χ3v) is 3.32. The van der Waals surface area contributed by atoms with Crippen molar-refractivity contribution >= 4 is 27.9 Å². The maximum absolute atomic E-state index is 11.0.